The highest BCUT2D eigenvalue weighted by Gasteiger charge is 2.19. The third-order valence-corrected chi connectivity index (χ3v) is 4.92. The monoisotopic (exact) mass is 375 g/mol. The Hall–Kier alpha value is -3.01. The number of nitrogens with one attached hydrogen (secondary N) is 1. The van der Waals surface area contributed by atoms with E-state index in [4.69, 9.17) is 0 Å². The molecule has 2 aromatic carbocycles. The molecular formula is C24H29N3O. The molecule has 3 aromatic rings. The SMILES string of the molecule is CCc1cccc(NC(=O)N(Cc2cccn2Cc2ccccc2)C(C)C)c1. The predicted octanol–water partition coefficient (Wildman–Crippen LogP) is 5.54. The molecule has 0 aliphatic carbocycles. The van der Waals surface area contributed by atoms with E-state index in [9.17, 15) is 4.79 Å². The van der Waals surface area contributed by atoms with Gasteiger partial charge in [0.05, 0.1) is 6.54 Å². The summed E-state index contributed by atoms with van der Waals surface area (Å²) in [5.74, 6) is 0. The highest BCUT2D eigenvalue weighted by Crippen LogP contribution is 2.16. The van der Waals surface area contributed by atoms with Crippen molar-refractivity contribution in [3.63, 3.8) is 0 Å². The number of anilines is 1. The third-order valence-electron chi connectivity index (χ3n) is 4.92. The van der Waals surface area contributed by atoms with E-state index in [0.717, 1.165) is 24.3 Å². The summed E-state index contributed by atoms with van der Waals surface area (Å²) in [5.41, 5.74) is 4.42. The molecule has 2 amide bonds. The van der Waals surface area contributed by atoms with Crippen molar-refractivity contribution in [2.75, 3.05) is 5.32 Å². The maximum Gasteiger partial charge on any atom is 0.322 e. The Balaban J connectivity index is 1.73. The zero-order valence-electron chi connectivity index (χ0n) is 16.9. The maximum atomic E-state index is 13.0. The van der Waals surface area contributed by atoms with E-state index in [-0.39, 0.29) is 12.1 Å². The van der Waals surface area contributed by atoms with Gasteiger partial charge in [-0.15, -0.1) is 0 Å². The Labute approximate surface area is 167 Å². The minimum atomic E-state index is -0.0734. The smallest absolute Gasteiger partial charge is 0.322 e. The Kier molecular flexibility index (Phi) is 6.53. The lowest BCUT2D eigenvalue weighted by atomic mass is 10.1. The zero-order valence-corrected chi connectivity index (χ0v) is 16.9. The first-order valence-electron chi connectivity index (χ1n) is 9.91. The summed E-state index contributed by atoms with van der Waals surface area (Å²) in [5, 5.41) is 3.06. The molecule has 3 rings (SSSR count). The molecule has 4 heteroatoms. The lowest BCUT2D eigenvalue weighted by Gasteiger charge is -2.27. The Morgan fingerprint density at radius 2 is 1.75 bits per heavy atom. The van der Waals surface area contributed by atoms with Gasteiger partial charge in [0.15, 0.2) is 0 Å². The van der Waals surface area contributed by atoms with Gasteiger partial charge in [-0.05, 0) is 55.7 Å². The van der Waals surface area contributed by atoms with E-state index >= 15 is 0 Å². The van der Waals surface area contributed by atoms with Gasteiger partial charge in [0.2, 0.25) is 0 Å². The molecule has 28 heavy (non-hydrogen) atoms. The van der Waals surface area contributed by atoms with Gasteiger partial charge in [-0.3, -0.25) is 0 Å². The lowest BCUT2D eigenvalue weighted by Crippen LogP contribution is -2.40. The minimum absolute atomic E-state index is 0.0734. The van der Waals surface area contributed by atoms with Gasteiger partial charge in [0.25, 0.3) is 0 Å². The van der Waals surface area contributed by atoms with Crippen molar-refractivity contribution in [1.82, 2.24) is 9.47 Å². The van der Waals surface area contributed by atoms with Crippen LogP contribution in [0.2, 0.25) is 0 Å². The number of carbonyl (C=O) groups is 1. The van der Waals surface area contributed by atoms with E-state index in [1.165, 1.54) is 11.1 Å². The molecule has 146 valence electrons. The van der Waals surface area contributed by atoms with Crippen molar-refractivity contribution in [3.05, 3.63) is 89.7 Å². The lowest BCUT2D eigenvalue weighted by molar-refractivity contribution is 0.192. The van der Waals surface area contributed by atoms with Crippen molar-refractivity contribution < 1.29 is 4.79 Å². The first-order chi connectivity index (χ1) is 13.6. The molecule has 4 nitrogen and oxygen atoms in total. The molecule has 1 heterocycles. The normalized spacial score (nSPS) is 10.9. The van der Waals surface area contributed by atoms with Crippen LogP contribution < -0.4 is 5.32 Å². The maximum absolute atomic E-state index is 13.0. The van der Waals surface area contributed by atoms with Gasteiger partial charge in [-0.1, -0.05) is 49.4 Å². The second kappa shape index (κ2) is 9.27. The summed E-state index contributed by atoms with van der Waals surface area (Å²) in [4.78, 5) is 14.8. The molecule has 1 N–H and O–H groups in total. The number of rotatable bonds is 7. The van der Waals surface area contributed by atoms with Crippen LogP contribution in [0.25, 0.3) is 0 Å². The molecule has 0 fully saturated rings. The van der Waals surface area contributed by atoms with E-state index in [1.807, 2.05) is 49.1 Å². The van der Waals surface area contributed by atoms with Crippen molar-refractivity contribution in [3.8, 4) is 0 Å². The summed E-state index contributed by atoms with van der Waals surface area (Å²) >= 11 is 0. The van der Waals surface area contributed by atoms with Crippen LogP contribution >= 0.6 is 0 Å². The van der Waals surface area contributed by atoms with Crippen LogP contribution in [0, 0.1) is 0 Å². The summed E-state index contributed by atoms with van der Waals surface area (Å²) in [6, 6.07) is 22.6. The second-order valence-corrected chi connectivity index (χ2v) is 7.32. The first-order valence-corrected chi connectivity index (χ1v) is 9.91. The van der Waals surface area contributed by atoms with Crippen LogP contribution in [0.15, 0.2) is 72.9 Å². The van der Waals surface area contributed by atoms with Crippen LogP contribution in [0.1, 0.15) is 37.6 Å². The molecule has 0 saturated carbocycles. The first kappa shape index (κ1) is 19.7. The van der Waals surface area contributed by atoms with Crippen molar-refractivity contribution in [2.24, 2.45) is 0 Å². The minimum Gasteiger partial charge on any atom is -0.345 e. The van der Waals surface area contributed by atoms with Crippen molar-refractivity contribution >= 4 is 11.7 Å². The zero-order chi connectivity index (χ0) is 19.9. The van der Waals surface area contributed by atoms with E-state index < -0.39 is 0 Å². The summed E-state index contributed by atoms with van der Waals surface area (Å²) in [7, 11) is 0. The molecule has 0 aliphatic rings. The Morgan fingerprint density at radius 1 is 1.00 bits per heavy atom. The van der Waals surface area contributed by atoms with Gasteiger partial charge in [0, 0.05) is 30.2 Å². The number of aromatic nitrogens is 1. The molecule has 1 aromatic heterocycles. The number of hydrogen-bond donors (Lipinski definition) is 1. The molecule has 0 unspecified atom stereocenters. The van der Waals surface area contributed by atoms with Crippen LogP contribution in [0.3, 0.4) is 0 Å². The average Bonchev–Trinajstić information content (AvgIpc) is 3.13. The summed E-state index contributed by atoms with van der Waals surface area (Å²) in [6.45, 7) is 7.58. The van der Waals surface area contributed by atoms with Crippen LogP contribution in [0.5, 0.6) is 0 Å². The summed E-state index contributed by atoms with van der Waals surface area (Å²) in [6.07, 6.45) is 3.02. The number of amides is 2. The number of benzene rings is 2. The summed E-state index contributed by atoms with van der Waals surface area (Å²) < 4.78 is 2.20. The molecule has 0 atom stereocenters. The van der Waals surface area contributed by atoms with Crippen molar-refractivity contribution in [2.45, 2.75) is 46.3 Å². The predicted molar refractivity (Wildman–Crippen MR) is 115 cm³/mol. The highest BCUT2D eigenvalue weighted by atomic mass is 16.2. The largest absolute Gasteiger partial charge is 0.345 e. The van der Waals surface area contributed by atoms with Crippen molar-refractivity contribution in [1.29, 1.82) is 0 Å². The molecule has 0 aliphatic heterocycles. The Bertz CT molecular complexity index is 899. The van der Waals surface area contributed by atoms with Gasteiger partial charge >= 0.3 is 6.03 Å². The number of carbonyl (C=O) groups excluding carboxylic acids is 1. The van der Waals surface area contributed by atoms with E-state index in [1.54, 1.807) is 0 Å². The second-order valence-electron chi connectivity index (χ2n) is 7.32. The number of urea groups is 1. The molecule has 0 saturated heterocycles. The standard InChI is InChI=1S/C24H29N3O/c1-4-20-12-8-13-22(16-20)25-24(28)27(19(2)3)18-23-14-9-15-26(23)17-21-10-6-5-7-11-21/h5-16,19H,4,17-18H2,1-3H3,(H,25,28). The fraction of sp³-hybridized carbons (Fsp3) is 0.292. The van der Waals surface area contributed by atoms with Gasteiger partial charge in [-0.2, -0.15) is 0 Å². The third kappa shape index (κ3) is 5.03. The fourth-order valence-electron chi connectivity index (χ4n) is 3.26. The number of aryl methyl sites for hydroxylation is 1. The van der Waals surface area contributed by atoms with E-state index in [2.05, 4.69) is 59.4 Å². The molecular weight excluding hydrogens is 346 g/mol. The quantitative estimate of drug-likeness (QED) is 0.578. The van der Waals surface area contributed by atoms with Gasteiger partial charge in [-0.25, -0.2) is 4.79 Å². The molecule has 0 spiro atoms. The van der Waals surface area contributed by atoms with Crippen LogP contribution in [-0.2, 0) is 19.5 Å². The van der Waals surface area contributed by atoms with Gasteiger partial charge < -0.3 is 14.8 Å². The molecule has 0 radical (unpaired) electrons. The topological polar surface area (TPSA) is 37.3 Å². The highest BCUT2D eigenvalue weighted by molar-refractivity contribution is 5.89. The van der Waals surface area contributed by atoms with Crippen LogP contribution in [-0.4, -0.2) is 21.5 Å². The Morgan fingerprint density at radius 3 is 2.46 bits per heavy atom. The van der Waals surface area contributed by atoms with E-state index in [0.29, 0.717) is 6.54 Å². The molecule has 0 bridgehead atoms. The number of nitrogens with zero attached hydrogens (tertiary/aromatic N) is 2. The van der Waals surface area contributed by atoms with Gasteiger partial charge in [0.1, 0.15) is 0 Å². The fourth-order valence-corrected chi connectivity index (χ4v) is 3.26. The average molecular weight is 376 g/mol. The van der Waals surface area contributed by atoms with Crippen LogP contribution in [0.4, 0.5) is 10.5 Å². The number of hydrogen-bond acceptors (Lipinski definition) is 1.